The summed E-state index contributed by atoms with van der Waals surface area (Å²) >= 11 is 0. The fourth-order valence-corrected chi connectivity index (χ4v) is 1.65. The molecule has 0 saturated heterocycles. The van der Waals surface area contributed by atoms with E-state index >= 15 is 0 Å². The van der Waals surface area contributed by atoms with Crippen LogP contribution < -0.4 is 0 Å². The molecule has 0 aromatic rings. The van der Waals surface area contributed by atoms with Crippen LogP contribution in [-0.4, -0.2) is 31.2 Å². The fourth-order valence-electron chi connectivity index (χ4n) is 1.65. The Morgan fingerprint density at radius 1 is 1.10 bits per heavy atom. The van der Waals surface area contributed by atoms with Crippen molar-refractivity contribution in [3.8, 4) is 0 Å². The van der Waals surface area contributed by atoms with E-state index in [-0.39, 0.29) is 18.0 Å². The van der Waals surface area contributed by atoms with E-state index in [0.29, 0.717) is 19.6 Å². The van der Waals surface area contributed by atoms with Crippen molar-refractivity contribution in [2.75, 3.05) is 13.2 Å². The monoisotopic (exact) mass is 282 g/mol. The smallest absolute Gasteiger partial charge is 0.133 e. The average molecular weight is 282 g/mol. The summed E-state index contributed by atoms with van der Waals surface area (Å²) in [6.45, 7) is 11.1. The molecule has 0 aliphatic carbocycles. The van der Waals surface area contributed by atoms with Crippen LogP contribution in [0.25, 0.3) is 0 Å². The molecule has 0 spiro atoms. The van der Waals surface area contributed by atoms with Crippen LogP contribution in [0.1, 0.15) is 52.9 Å². The molecule has 0 amide bonds. The van der Waals surface area contributed by atoms with E-state index < -0.39 is 0 Å². The molecule has 0 radical (unpaired) electrons. The third-order valence-electron chi connectivity index (χ3n) is 2.90. The first-order valence-corrected chi connectivity index (χ1v) is 7.67. The van der Waals surface area contributed by atoms with Crippen molar-refractivity contribution in [3.05, 3.63) is 24.8 Å². The van der Waals surface area contributed by atoms with Gasteiger partial charge in [0.2, 0.25) is 0 Å². The van der Waals surface area contributed by atoms with E-state index in [9.17, 15) is 4.79 Å². The van der Waals surface area contributed by atoms with E-state index in [1.807, 2.05) is 12.2 Å². The number of allylic oxidation sites excluding steroid dienone is 1. The zero-order chi connectivity index (χ0) is 15.2. The highest BCUT2D eigenvalue weighted by molar-refractivity contribution is 5.76. The maximum Gasteiger partial charge on any atom is 0.133 e. The van der Waals surface area contributed by atoms with Crippen molar-refractivity contribution < 1.29 is 14.3 Å². The molecule has 0 saturated carbocycles. The molecule has 2 atom stereocenters. The number of hydrogen-bond donors (Lipinski definition) is 0. The van der Waals surface area contributed by atoms with Crippen molar-refractivity contribution in [3.63, 3.8) is 0 Å². The standard InChI is InChI=1S/C17H30O3/c1-5-8-13-19-16(7-3)17(20-14-9-6-2)12-10-11-15(4)18/h7,10,12,16-17H,3,5-6,8-9,11,13-14H2,1-2,4H3/b12-10-/t16-,17+/m0/s1. The predicted molar refractivity (Wildman–Crippen MR) is 83.9 cm³/mol. The Kier molecular flexibility index (Phi) is 12.5. The summed E-state index contributed by atoms with van der Waals surface area (Å²) < 4.78 is 11.7. The Hall–Kier alpha value is -0.930. The first kappa shape index (κ1) is 19.1. The molecule has 0 aromatic heterocycles. The molecule has 0 bridgehead atoms. The first-order valence-electron chi connectivity index (χ1n) is 7.67. The van der Waals surface area contributed by atoms with Gasteiger partial charge in [-0.25, -0.2) is 0 Å². The molecular formula is C17H30O3. The molecule has 0 aromatic carbocycles. The van der Waals surface area contributed by atoms with Crippen LogP contribution in [0, 0.1) is 0 Å². The molecule has 0 aliphatic heterocycles. The maximum absolute atomic E-state index is 11.0. The first-order chi connectivity index (χ1) is 9.65. The molecule has 0 fully saturated rings. The van der Waals surface area contributed by atoms with Gasteiger partial charge in [0, 0.05) is 19.6 Å². The molecule has 0 rings (SSSR count). The molecule has 0 heterocycles. The van der Waals surface area contributed by atoms with Crippen LogP contribution in [0.15, 0.2) is 24.8 Å². The Morgan fingerprint density at radius 3 is 2.10 bits per heavy atom. The Labute approximate surface area is 124 Å². The van der Waals surface area contributed by atoms with E-state index in [1.54, 1.807) is 13.0 Å². The van der Waals surface area contributed by atoms with E-state index in [0.717, 1.165) is 25.7 Å². The third-order valence-corrected chi connectivity index (χ3v) is 2.90. The van der Waals surface area contributed by atoms with Crippen LogP contribution in [-0.2, 0) is 14.3 Å². The second-order valence-electron chi connectivity index (χ2n) is 4.95. The van der Waals surface area contributed by atoms with E-state index in [4.69, 9.17) is 9.47 Å². The lowest BCUT2D eigenvalue weighted by atomic mass is 10.1. The third kappa shape index (κ3) is 9.93. The molecule has 20 heavy (non-hydrogen) atoms. The van der Waals surface area contributed by atoms with Gasteiger partial charge >= 0.3 is 0 Å². The van der Waals surface area contributed by atoms with Gasteiger partial charge < -0.3 is 9.47 Å². The normalized spacial score (nSPS) is 14.3. The van der Waals surface area contributed by atoms with Crippen molar-refractivity contribution in [1.82, 2.24) is 0 Å². The summed E-state index contributed by atoms with van der Waals surface area (Å²) in [7, 11) is 0. The van der Waals surface area contributed by atoms with Crippen LogP contribution in [0.5, 0.6) is 0 Å². The highest BCUT2D eigenvalue weighted by Crippen LogP contribution is 2.10. The van der Waals surface area contributed by atoms with Gasteiger partial charge in [-0.2, -0.15) is 0 Å². The van der Waals surface area contributed by atoms with E-state index in [1.165, 1.54) is 0 Å². The lowest BCUT2D eigenvalue weighted by Gasteiger charge is -2.22. The summed E-state index contributed by atoms with van der Waals surface area (Å²) in [5, 5.41) is 0. The molecule has 0 aliphatic rings. The van der Waals surface area contributed by atoms with Crippen LogP contribution in [0.3, 0.4) is 0 Å². The van der Waals surface area contributed by atoms with Gasteiger partial charge in [0.1, 0.15) is 18.0 Å². The molecule has 3 nitrogen and oxygen atoms in total. The van der Waals surface area contributed by atoms with Gasteiger partial charge in [0.05, 0.1) is 0 Å². The van der Waals surface area contributed by atoms with Gasteiger partial charge in [-0.15, -0.1) is 6.58 Å². The molecular weight excluding hydrogens is 252 g/mol. The van der Waals surface area contributed by atoms with Crippen LogP contribution in [0.4, 0.5) is 0 Å². The SMILES string of the molecule is C=C[C@H](OCCCC)[C@@H](/C=C\CC(C)=O)OCCCC. The maximum atomic E-state index is 11.0. The van der Waals surface area contributed by atoms with E-state index in [2.05, 4.69) is 20.4 Å². The van der Waals surface area contributed by atoms with Crippen molar-refractivity contribution in [1.29, 1.82) is 0 Å². The van der Waals surface area contributed by atoms with Crippen LogP contribution >= 0.6 is 0 Å². The topological polar surface area (TPSA) is 35.5 Å². The van der Waals surface area contributed by atoms with Crippen molar-refractivity contribution >= 4 is 5.78 Å². The minimum atomic E-state index is -0.157. The minimum absolute atomic E-state index is 0.149. The van der Waals surface area contributed by atoms with Gasteiger partial charge in [-0.3, -0.25) is 4.79 Å². The van der Waals surface area contributed by atoms with Gasteiger partial charge in [-0.1, -0.05) is 44.9 Å². The number of carbonyl (C=O) groups is 1. The summed E-state index contributed by atoms with van der Waals surface area (Å²) in [5.74, 6) is 0.149. The average Bonchev–Trinajstić information content (AvgIpc) is 2.42. The summed E-state index contributed by atoms with van der Waals surface area (Å²) in [6, 6.07) is 0. The zero-order valence-electron chi connectivity index (χ0n) is 13.3. The fraction of sp³-hybridized carbons (Fsp3) is 0.706. The van der Waals surface area contributed by atoms with Gasteiger partial charge in [0.25, 0.3) is 0 Å². The minimum Gasteiger partial charge on any atom is -0.371 e. The second-order valence-corrected chi connectivity index (χ2v) is 4.95. The molecule has 0 N–H and O–H groups in total. The number of ketones is 1. The number of Topliss-reactive ketones (excluding diaryl/α,β-unsaturated/α-hetero) is 1. The lowest BCUT2D eigenvalue weighted by Crippen LogP contribution is -2.29. The van der Waals surface area contributed by atoms with Gasteiger partial charge in [-0.05, 0) is 19.8 Å². The van der Waals surface area contributed by atoms with Gasteiger partial charge in [0.15, 0.2) is 0 Å². The number of hydrogen-bond acceptors (Lipinski definition) is 3. The number of rotatable bonds is 13. The summed E-state index contributed by atoms with van der Waals surface area (Å²) in [4.78, 5) is 11.0. The number of carbonyl (C=O) groups excluding carboxylic acids is 1. The molecule has 3 heteroatoms. The Bertz CT molecular complexity index is 284. The highest BCUT2D eigenvalue weighted by atomic mass is 16.5. The quantitative estimate of drug-likeness (QED) is 0.377. The highest BCUT2D eigenvalue weighted by Gasteiger charge is 2.17. The Balaban J connectivity index is 4.46. The largest absolute Gasteiger partial charge is 0.371 e. The molecule has 0 unspecified atom stereocenters. The summed E-state index contributed by atoms with van der Waals surface area (Å²) in [5.41, 5.74) is 0. The van der Waals surface area contributed by atoms with Crippen LogP contribution in [0.2, 0.25) is 0 Å². The number of unbranched alkanes of at least 4 members (excludes halogenated alkanes) is 2. The van der Waals surface area contributed by atoms with Crippen molar-refractivity contribution in [2.45, 2.75) is 65.1 Å². The summed E-state index contributed by atoms with van der Waals surface area (Å²) in [6.07, 6.45) is 9.95. The molecule has 116 valence electrons. The second kappa shape index (κ2) is 13.1. The zero-order valence-corrected chi connectivity index (χ0v) is 13.3. The number of ether oxygens (including phenoxy) is 2. The lowest BCUT2D eigenvalue weighted by molar-refractivity contribution is -0.116. The Morgan fingerprint density at radius 2 is 1.65 bits per heavy atom. The predicted octanol–water partition coefficient (Wildman–Crippen LogP) is 4.08. The van der Waals surface area contributed by atoms with Crippen molar-refractivity contribution in [2.24, 2.45) is 0 Å².